The molecule has 5 heteroatoms. The summed E-state index contributed by atoms with van der Waals surface area (Å²) in [7, 11) is 0. The van der Waals surface area contributed by atoms with Gasteiger partial charge in [-0.2, -0.15) is 0 Å². The van der Waals surface area contributed by atoms with Crippen LogP contribution in [0.5, 0.6) is 0 Å². The molecule has 1 saturated heterocycles. The van der Waals surface area contributed by atoms with Crippen LogP contribution < -0.4 is 5.32 Å². The van der Waals surface area contributed by atoms with Crippen LogP contribution in [0.3, 0.4) is 0 Å². The highest BCUT2D eigenvalue weighted by atomic mass is 35.5. The molecule has 1 atom stereocenters. The number of carbonyl (C=O) groups excluding carboxylic acids is 1. The normalized spacial score (nSPS) is 18.4. The quantitative estimate of drug-likeness (QED) is 0.816. The SMILES string of the molecule is CCCN(C1CCNCC1)C(C)C(=O)c1ccc(Cl)s1. The minimum Gasteiger partial charge on any atom is -0.317 e. The Morgan fingerprint density at radius 2 is 2.20 bits per heavy atom. The van der Waals surface area contributed by atoms with E-state index in [2.05, 4.69) is 17.1 Å². The van der Waals surface area contributed by atoms with Crippen LogP contribution in [0.1, 0.15) is 42.8 Å². The van der Waals surface area contributed by atoms with E-state index in [-0.39, 0.29) is 11.8 Å². The van der Waals surface area contributed by atoms with E-state index in [9.17, 15) is 4.79 Å². The van der Waals surface area contributed by atoms with Gasteiger partial charge < -0.3 is 5.32 Å². The Morgan fingerprint density at radius 1 is 1.50 bits per heavy atom. The lowest BCUT2D eigenvalue weighted by atomic mass is 10.0. The lowest BCUT2D eigenvalue weighted by Gasteiger charge is -2.37. The van der Waals surface area contributed by atoms with Crippen molar-refractivity contribution in [2.75, 3.05) is 19.6 Å². The molecule has 1 fully saturated rings. The molecule has 112 valence electrons. The molecule has 0 aliphatic carbocycles. The first-order chi connectivity index (χ1) is 9.63. The molecule has 1 N–H and O–H groups in total. The number of halogens is 1. The molecule has 0 spiro atoms. The molecule has 0 amide bonds. The number of carbonyl (C=O) groups is 1. The van der Waals surface area contributed by atoms with Crippen LogP contribution in [-0.2, 0) is 0 Å². The summed E-state index contributed by atoms with van der Waals surface area (Å²) in [6, 6.07) is 4.11. The van der Waals surface area contributed by atoms with Crippen molar-refractivity contribution in [3.63, 3.8) is 0 Å². The third kappa shape index (κ3) is 3.82. The minimum absolute atomic E-state index is 0.0623. The molecule has 2 heterocycles. The van der Waals surface area contributed by atoms with E-state index in [1.165, 1.54) is 11.3 Å². The number of hydrogen-bond donors (Lipinski definition) is 1. The van der Waals surface area contributed by atoms with Gasteiger partial charge in [-0.25, -0.2) is 0 Å². The second-order valence-corrected chi connectivity index (χ2v) is 7.08. The van der Waals surface area contributed by atoms with Gasteiger partial charge >= 0.3 is 0 Å². The molecule has 1 aromatic heterocycles. The molecule has 0 saturated carbocycles. The topological polar surface area (TPSA) is 32.3 Å². The molecule has 1 aromatic rings. The zero-order valence-corrected chi connectivity index (χ0v) is 13.8. The predicted molar refractivity (Wildman–Crippen MR) is 86.0 cm³/mol. The number of nitrogens with one attached hydrogen (secondary N) is 1. The van der Waals surface area contributed by atoms with Crippen molar-refractivity contribution in [1.82, 2.24) is 10.2 Å². The molecule has 0 aromatic carbocycles. The van der Waals surface area contributed by atoms with Gasteiger partial charge in [0.2, 0.25) is 0 Å². The fourth-order valence-electron chi connectivity index (χ4n) is 2.89. The van der Waals surface area contributed by atoms with E-state index in [0.29, 0.717) is 10.4 Å². The first-order valence-corrected chi connectivity index (χ1v) is 8.59. The zero-order chi connectivity index (χ0) is 14.5. The van der Waals surface area contributed by atoms with Crippen molar-refractivity contribution in [2.24, 2.45) is 0 Å². The first-order valence-electron chi connectivity index (χ1n) is 7.39. The smallest absolute Gasteiger partial charge is 0.189 e. The van der Waals surface area contributed by atoms with Gasteiger partial charge in [-0.3, -0.25) is 9.69 Å². The number of Topliss-reactive ketones (excluding diaryl/α,β-unsaturated/α-hetero) is 1. The van der Waals surface area contributed by atoms with E-state index >= 15 is 0 Å². The van der Waals surface area contributed by atoms with E-state index in [0.717, 1.165) is 43.8 Å². The number of piperidine rings is 1. The molecule has 1 aliphatic heterocycles. The second kappa shape index (κ2) is 7.55. The zero-order valence-electron chi connectivity index (χ0n) is 12.2. The van der Waals surface area contributed by atoms with Crippen LogP contribution in [0, 0.1) is 0 Å². The maximum absolute atomic E-state index is 12.6. The van der Waals surface area contributed by atoms with Gasteiger partial charge in [0.15, 0.2) is 5.78 Å². The summed E-state index contributed by atoms with van der Waals surface area (Å²) < 4.78 is 0.685. The van der Waals surface area contributed by atoms with Crippen molar-refractivity contribution in [1.29, 1.82) is 0 Å². The highest BCUT2D eigenvalue weighted by Crippen LogP contribution is 2.25. The maximum Gasteiger partial charge on any atom is 0.189 e. The van der Waals surface area contributed by atoms with Crippen LogP contribution >= 0.6 is 22.9 Å². The standard InChI is InChI=1S/C15H23ClN2OS/c1-3-10-18(12-6-8-17-9-7-12)11(2)15(19)13-4-5-14(16)20-13/h4-5,11-12,17H,3,6-10H2,1-2H3. The molecule has 20 heavy (non-hydrogen) atoms. The van der Waals surface area contributed by atoms with Crippen LogP contribution in [0.15, 0.2) is 12.1 Å². The van der Waals surface area contributed by atoms with Gasteiger partial charge in [-0.1, -0.05) is 18.5 Å². The van der Waals surface area contributed by atoms with Gasteiger partial charge in [-0.05, 0) is 58.0 Å². The van der Waals surface area contributed by atoms with E-state index in [1.807, 2.05) is 13.0 Å². The molecule has 1 unspecified atom stereocenters. The van der Waals surface area contributed by atoms with Gasteiger partial charge in [-0.15, -0.1) is 11.3 Å². The fourth-order valence-corrected chi connectivity index (χ4v) is 3.96. The van der Waals surface area contributed by atoms with Gasteiger partial charge in [0, 0.05) is 6.04 Å². The first kappa shape index (κ1) is 16.0. The molecular weight excluding hydrogens is 292 g/mol. The monoisotopic (exact) mass is 314 g/mol. The number of nitrogens with zero attached hydrogens (tertiary/aromatic N) is 1. The lowest BCUT2D eigenvalue weighted by Crippen LogP contribution is -2.50. The number of ketones is 1. The Balaban J connectivity index is 2.09. The average molecular weight is 315 g/mol. The van der Waals surface area contributed by atoms with Gasteiger partial charge in [0.05, 0.1) is 15.3 Å². The third-order valence-electron chi connectivity index (χ3n) is 3.95. The summed E-state index contributed by atoms with van der Waals surface area (Å²) in [6.07, 6.45) is 3.33. The lowest BCUT2D eigenvalue weighted by molar-refractivity contribution is 0.0715. The molecule has 0 bridgehead atoms. The Bertz CT molecular complexity index is 443. The highest BCUT2D eigenvalue weighted by Gasteiger charge is 2.29. The van der Waals surface area contributed by atoms with Crippen LogP contribution in [0.2, 0.25) is 4.34 Å². The number of rotatable bonds is 6. The Labute approximate surface area is 130 Å². The maximum atomic E-state index is 12.6. The molecule has 1 aliphatic rings. The summed E-state index contributed by atoms with van der Waals surface area (Å²) in [6.45, 7) is 7.30. The van der Waals surface area contributed by atoms with Crippen molar-refractivity contribution in [2.45, 2.75) is 45.2 Å². The summed E-state index contributed by atoms with van der Waals surface area (Å²) >= 11 is 7.33. The fraction of sp³-hybridized carbons (Fsp3) is 0.667. The van der Waals surface area contributed by atoms with Crippen LogP contribution in [0.4, 0.5) is 0 Å². The van der Waals surface area contributed by atoms with E-state index < -0.39 is 0 Å². The summed E-state index contributed by atoms with van der Waals surface area (Å²) in [4.78, 5) is 15.8. The van der Waals surface area contributed by atoms with Crippen LogP contribution in [-0.4, -0.2) is 42.4 Å². The third-order valence-corrected chi connectivity index (χ3v) is 5.20. The second-order valence-electron chi connectivity index (χ2n) is 5.36. The summed E-state index contributed by atoms with van der Waals surface area (Å²) in [5.41, 5.74) is 0. The number of hydrogen-bond acceptors (Lipinski definition) is 4. The van der Waals surface area contributed by atoms with Crippen molar-refractivity contribution >= 4 is 28.7 Å². The minimum atomic E-state index is -0.0623. The molecular formula is C15H23ClN2OS. The molecule has 2 rings (SSSR count). The Hall–Kier alpha value is -0.420. The Kier molecular flexibility index (Phi) is 6.02. The van der Waals surface area contributed by atoms with Gasteiger partial charge in [0.25, 0.3) is 0 Å². The largest absolute Gasteiger partial charge is 0.317 e. The van der Waals surface area contributed by atoms with Crippen molar-refractivity contribution < 1.29 is 4.79 Å². The van der Waals surface area contributed by atoms with Gasteiger partial charge in [0.1, 0.15) is 0 Å². The predicted octanol–water partition coefficient (Wildman–Crippen LogP) is 3.44. The molecule has 0 radical (unpaired) electrons. The van der Waals surface area contributed by atoms with Crippen molar-refractivity contribution in [3.8, 4) is 0 Å². The van der Waals surface area contributed by atoms with E-state index in [1.54, 1.807) is 6.07 Å². The van der Waals surface area contributed by atoms with Crippen LogP contribution in [0.25, 0.3) is 0 Å². The molecule has 3 nitrogen and oxygen atoms in total. The highest BCUT2D eigenvalue weighted by molar-refractivity contribution is 7.18. The summed E-state index contributed by atoms with van der Waals surface area (Å²) in [5.74, 6) is 0.203. The summed E-state index contributed by atoms with van der Waals surface area (Å²) in [5, 5.41) is 3.39. The average Bonchev–Trinajstić information content (AvgIpc) is 2.91. The number of thiophene rings is 1. The van der Waals surface area contributed by atoms with E-state index in [4.69, 9.17) is 11.6 Å². The Morgan fingerprint density at radius 3 is 2.75 bits per heavy atom. The van der Waals surface area contributed by atoms with Crippen molar-refractivity contribution in [3.05, 3.63) is 21.3 Å².